The number of hydrogen-bond donors (Lipinski definition) is 1. The van der Waals surface area contributed by atoms with Crippen LogP contribution < -0.4 is 10.1 Å². The highest BCUT2D eigenvalue weighted by atomic mass is 79.9. The predicted molar refractivity (Wildman–Crippen MR) is 157 cm³/mol. The molecule has 1 heterocycles. The van der Waals surface area contributed by atoms with Gasteiger partial charge in [0.05, 0.1) is 17.1 Å². The van der Waals surface area contributed by atoms with Crippen LogP contribution in [-0.4, -0.2) is 53.6 Å². The van der Waals surface area contributed by atoms with Crippen LogP contribution in [0.15, 0.2) is 83.3 Å². The maximum Gasteiger partial charge on any atom is 0.257 e. The second-order valence-corrected chi connectivity index (χ2v) is 10.9. The fourth-order valence-corrected chi connectivity index (χ4v) is 5.25. The number of hydrogen-bond acceptors (Lipinski definition) is 4. The molecule has 0 atom stereocenters. The van der Waals surface area contributed by atoms with E-state index in [-0.39, 0.29) is 11.9 Å². The Morgan fingerprint density at radius 3 is 2.08 bits per heavy atom. The van der Waals surface area contributed by atoms with Crippen molar-refractivity contribution < 1.29 is 9.53 Å². The van der Waals surface area contributed by atoms with Gasteiger partial charge in [-0.15, -0.1) is 0 Å². The van der Waals surface area contributed by atoms with Gasteiger partial charge in [-0.3, -0.25) is 15.0 Å². The third-order valence-electron chi connectivity index (χ3n) is 6.56. The number of carbonyl (C=O) groups is 1. The van der Waals surface area contributed by atoms with Gasteiger partial charge in [-0.2, -0.15) is 0 Å². The Bertz CT molecular complexity index is 1140. The summed E-state index contributed by atoms with van der Waals surface area (Å²) in [5.41, 5.74) is 3.10. The number of nitrogens with zero attached hydrogens (tertiary/aromatic N) is 2. The molecule has 3 aromatic rings. The normalized spacial score (nSPS) is 14.1. The molecule has 37 heavy (non-hydrogen) atoms. The number of rotatable bonds is 8. The van der Waals surface area contributed by atoms with E-state index in [2.05, 4.69) is 106 Å². The zero-order valence-corrected chi connectivity index (χ0v) is 23.8. The minimum Gasteiger partial charge on any atom is -0.492 e. The van der Waals surface area contributed by atoms with Crippen molar-refractivity contribution in [1.82, 2.24) is 15.1 Å². The van der Waals surface area contributed by atoms with Crippen LogP contribution in [0.5, 0.6) is 5.75 Å². The van der Waals surface area contributed by atoms with Gasteiger partial charge in [0.2, 0.25) is 0 Å². The molecule has 0 unspecified atom stereocenters. The molecule has 1 N–H and O–H groups in total. The summed E-state index contributed by atoms with van der Waals surface area (Å²) in [5.74, 6) is 1.10. The van der Waals surface area contributed by atoms with Crippen molar-refractivity contribution in [1.29, 1.82) is 0 Å². The van der Waals surface area contributed by atoms with Crippen LogP contribution in [0.1, 0.15) is 47.8 Å². The van der Waals surface area contributed by atoms with Gasteiger partial charge < -0.3 is 9.64 Å². The van der Waals surface area contributed by atoms with Crippen LogP contribution in [0, 0.1) is 5.92 Å². The van der Waals surface area contributed by atoms with E-state index < -0.39 is 0 Å². The summed E-state index contributed by atoms with van der Waals surface area (Å²) in [6.07, 6.45) is 0.980. The van der Waals surface area contributed by atoms with E-state index in [0.29, 0.717) is 23.2 Å². The molecule has 0 aromatic heterocycles. The van der Waals surface area contributed by atoms with Crippen LogP contribution in [-0.2, 0) is 0 Å². The number of piperazine rings is 1. The first-order valence-corrected chi connectivity index (χ1v) is 14.0. The lowest BCUT2D eigenvalue weighted by Gasteiger charge is -2.40. The molecule has 0 spiro atoms. The van der Waals surface area contributed by atoms with Crippen molar-refractivity contribution in [3.05, 3.63) is 100 Å². The molecule has 5 nitrogen and oxygen atoms in total. The molecule has 194 valence electrons. The average Bonchev–Trinajstić information content (AvgIpc) is 2.91. The van der Waals surface area contributed by atoms with E-state index >= 15 is 0 Å². The summed E-state index contributed by atoms with van der Waals surface area (Å²) in [7, 11) is 0. The van der Waals surface area contributed by atoms with Crippen molar-refractivity contribution in [2.75, 3.05) is 32.8 Å². The number of nitrogens with one attached hydrogen (secondary N) is 1. The maximum absolute atomic E-state index is 12.9. The monoisotopic (exact) mass is 579 g/mol. The summed E-state index contributed by atoms with van der Waals surface area (Å²) in [6, 6.07) is 26.8. The summed E-state index contributed by atoms with van der Waals surface area (Å²) < 4.78 is 6.60. The van der Waals surface area contributed by atoms with Gasteiger partial charge in [0.25, 0.3) is 5.91 Å². The first kappa shape index (κ1) is 27.3. The Kier molecular flexibility index (Phi) is 9.72. The number of benzene rings is 3. The zero-order valence-electron chi connectivity index (χ0n) is 21.4. The second kappa shape index (κ2) is 13.2. The molecule has 1 aliphatic heterocycles. The van der Waals surface area contributed by atoms with E-state index in [0.717, 1.165) is 42.8 Å². The van der Waals surface area contributed by atoms with Crippen molar-refractivity contribution >= 4 is 39.2 Å². The summed E-state index contributed by atoms with van der Waals surface area (Å²) in [5, 5.41) is 3.38. The number of halogens is 1. The molecule has 1 saturated heterocycles. The van der Waals surface area contributed by atoms with Gasteiger partial charge in [0.1, 0.15) is 5.75 Å². The molecular formula is C30H34BrN3O2S. The molecule has 3 aromatic carbocycles. The highest BCUT2D eigenvalue weighted by Crippen LogP contribution is 2.30. The van der Waals surface area contributed by atoms with Crippen molar-refractivity contribution in [2.24, 2.45) is 5.92 Å². The second-order valence-electron chi connectivity index (χ2n) is 9.68. The van der Waals surface area contributed by atoms with Crippen molar-refractivity contribution in [3.63, 3.8) is 0 Å². The molecule has 4 rings (SSSR count). The molecule has 0 aliphatic carbocycles. The SMILES string of the molecule is CC(C)CCOc1ccc(C(=O)NC(=S)N2CCN(C(c3ccccc3)c3ccccc3)CC2)cc1Br. The third-order valence-corrected chi connectivity index (χ3v) is 7.54. The molecule has 1 fully saturated rings. The molecule has 0 radical (unpaired) electrons. The average molecular weight is 581 g/mol. The Morgan fingerprint density at radius 1 is 0.946 bits per heavy atom. The van der Waals surface area contributed by atoms with Crippen molar-refractivity contribution in [3.8, 4) is 5.75 Å². The van der Waals surface area contributed by atoms with Crippen LogP contribution in [0.2, 0.25) is 0 Å². The Morgan fingerprint density at radius 2 is 1.54 bits per heavy atom. The number of thiocarbonyl (C=S) groups is 1. The van der Waals surface area contributed by atoms with E-state index in [1.807, 2.05) is 6.07 Å². The molecule has 1 aliphatic rings. The van der Waals surface area contributed by atoms with E-state index in [1.165, 1.54) is 11.1 Å². The summed E-state index contributed by atoms with van der Waals surface area (Å²) in [4.78, 5) is 17.5. The smallest absolute Gasteiger partial charge is 0.257 e. The van der Waals surface area contributed by atoms with Gasteiger partial charge >= 0.3 is 0 Å². The Labute approximate surface area is 233 Å². The third kappa shape index (κ3) is 7.40. The van der Waals surface area contributed by atoms with E-state index in [1.54, 1.807) is 12.1 Å². The number of carbonyl (C=O) groups excluding carboxylic acids is 1. The van der Waals surface area contributed by atoms with Crippen LogP contribution in [0.4, 0.5) is 0 Å². The quantitative estimate of drug-likeness (QED) is 0.317. The molecular weight excluding hydrogens is 546 g/mol. The number of amides is 1. The lowest BCUT2D eigenvalue weighted by Crippen LogP contribution is -2.53. The lowest BCUT2D eigenvalue weighted by atomic mass is 9.96. The topological polar surface area (TPSA) is 44.8 Å². The lowest BCUT2D eigenvalue weighted by molar-refractivity contribution is 0.0967. The van der Waals surface area contributed by atoms with E-state index in [9.17, 15) is 4.79 Å². The van der Waals surface area contributed by atoms with Gasteiger partial charge in [-0.1, -0.05) is 74.5 Å². The molecule has 0 saturated carbocycles. The predicted octanol–water partition coefficient (Wildman–Crippen LogP) is 6.30. The standard InChI is InChI=1S/C30H34BrN3O2S/c1-22(2)15-20-36-27-14-13-25(21-26(27)31)29(35)32-30(37)34-18-16-33(17-19-34)28(23-9-5-3-6-10-23)24-11-7-4-8-12-24/h3-14,21-22,28H,15-20H2,1-2H3,(H,32,35,37). The molecule has 7 heteroatoms. The summed E-state index contributed by atoms with van der Waals surface area (Å²) in [6.45, 7) is 8.17. The van der Waals surface area contributed by atoms with Crippen LogP contribution in [0.25, 0.3) is 0 Å². The van der Waals surface area contributed by atoms with Gasteiger partial charge in [0.15, 0.2) is 5.11 Å². The molecule has 1 amide bonds. The fraction of sp³-hybridized carbons (Fsp3) is 0.333. The fourth-order valence-electron chi connectivity index (χ4n) is 4.48. The highest BCUT2D eigenvalue weighted by molar-refractivity contribution is 9.10. The van der Waals surface area contributed by atoms with Gasteiger partial charge in [-0.25, -0.2) is 0 Å². The highest BCUT2D eigenvalue weighted by Gasteiger charge is 2.27. The zero-order chi connectivity index (χ0) is 26.2. The van der Waals surface area contributed by atoms with Crippen LogP contribution >= 0.6 is 28.1 Å². The first-order chi connectivity index (χ1) is 17.9. The Hall–Kier alpha value is -2.74. The van der Waals surface area contributed by atoms with Gasteiger partial charge in [-0.05, 0) is 69.8 Å². The largest absolute Gasteiger partial charge is 0.492 e. The maximum atomic E-state index is 12.9. The number of ether oxygens (including phenoxy) is 1. The van der Waals surface area contributed by atoms with Crippen molar-refractivity contribution in [2.45, 2.75) is 26.3 Å². The molecule has 0 bridgehead atoms. The van der Waals surface area contributed by atoms with Crippen LogP contribution in [0.3, 0.4) is 0 Å². The summed E-state index contributed by atoms with van der Waals surface area (Å²) >= 11 is 9.15. The van der Waals surface area contributed by atoms with Gasteiger partial charge in [0, 0.05) is 31.7 Å². The first-order valence-electron chi connectivity index (χ1n) is 12.8. The van der Waals surface area contributed by atoms with E-state index in [4.69, 9.17) is 17.0 Å². The Balaban J connectivity index is 1.34. The minimum atomic E-state index is -0.215. The minimum absolute atomic E-state index is 0.186.